The van der Waals surface area contributed by atoms with Gasteiger partial charge in [-0.1, -0.05) is 6.42 Å². The average molecular weight is 393 g/mol. The Morgan fingerprint density at radius 3 is 2.79 bits per heavy atom. The zero-order valence-corrected chi connectivity index (χ0v) is 15.2. The summed E-state index contributed by atoms with van der Waals surface area (Å²) in [7, 11) is 0. The summed E-state index contributed by atoms with van der Waals surface area (Å²) in [6.07, 6.45) is 0.856. The molecule has 0 radical (unpaired) electrons. The lowest BCUT2D eigenvalue weighted by molar-refractivity contribution is -0.138. The van der Waals surface area contributed by atoms with Crippen LogP contribution in [0.25, 0.3) is 0 Å². The largest absolute Gasteiger partial charge is 0.478 e. The molecule has 1 saturated heterocycles. The number of nitrogens with two attached hydrogens (primary N) is 1. The Balaban J connectivity index is 1.81. The van der Waals surface area contributed by atoms with E-state index in [4.69, 9.17) is 15.9 Å². The van der Waals surface area contributed by atoms with Crippen LogP contribution in [-0.4, -0.2) is 34.9 Å². The number of nitrogen functional groups attached to an aromatic ring is 1. The number of alkyl halides is 3. The summed E-state index contributed by atoms with van der Waals surface area (Å²) < 4.78 is 45.8. The fourth-order valence-corrected chi connectivity index (χ4v) is 3.17. The smallest absolute Gasteiger partial charge is 0.418 e. The van der Waals surface area contributed by atoms with Crippen molar-refractivity contribution in [2.45, 2.75) is 37.9 Å². The Bertz CT molecular complexity index is 835. The molecule has 0 amide bonds. The van der Waals surface area contributed by atoms with Crippen molar-refractivity contribution in [1.29, 1.82) is 5.41 Å². The van der Waals surface area contributed by atoms with Gasteiger partial charge in [-0.3, -0.25) is 5.41 Å². The number of hydrogen-bond acceptors (Lipinski definition) is 6. The number of pyridine rings is 2. The Morgan fingerprint density at radius 2 is 2.11 bits per heavy atom. The maximum absolute atomic E-state index is 13.4. The number of aromatic nitrogens is 2. The van der Waals surface area contributed by atoms with Gasteiger partial charge in [-0.2, -0.15) is 13.2 Å². The lowest BCUT2D eigenvalue weighted by atomic mass is 10.0. The van der Waals surface area contributed by atoms with E-state index in [9.17, 15) is 13.2 Å². The van der Waals surface area contributed by atoms with Gasteiger partial charge >= 0.3 is 6.18 Å². The van der Waals surface area contributed by atoms with E-state index in [2.05, 4.69) is 15.3 Å². The number of nitrogens with zero attached hydrogens (tertiary/aromatic N) is 2. The van der Waals surface area contributed by atoms with Crippen LogP contribution >= 0.6 is 0 Å². The molecule has 0 spiro atoms. The molecule has 1 unspecified atom stereocenters. The lowest BCUT2D eigenvalue weighted by Gasteiger charge is -2.23. The molecular weight excluding hydrogens is 371 g/mol. The topological polar surface area (TPSA) is 96.9 Å². The molecule has 0 aliphatic carbocycles. The molecule has 1 aliphatic heterocycles. The second-order valence-corrected chi connectivity index (χ2v) is 6.64. The van der Waals surface area contributed by atoms with Crippen LogP contribution in [0.5, 0.6) is 5.88 Å². The van der Waals surface area contributed by atoms with Crippen LogP contribution in [0.15, 0.2) is 30.5 Å². The minimum atomic E-state index is -4.66. The van der Waals surface area contributed by atoms with Crippen LogP contribution in [0.4, 0.5) is 19.0 Å². The zero-order valence-electron chi connectivity index (χ0n) is 15.2. The Labute approximate surface area is 160 Å². The van der Waals surface area contributed by atoms with E-state index in [1.807, 2.05) is 0 Å². The van der Waals surface area contributed by atoms with Crippen molar-refractivity contribution in [1.82, 2.24) is 15.3 Å². The van der Waals surface area contributed by atoms with E-state index in [1.54, 1.807) is 0 Å². The number of piperidine rings is 1. The van der Waals surface area contributed by atoms with Crippen molar-refractivity contribution in [2.24, 2.45) is 0 Å². The highest BCUT2D eigenvalue weighted by molar-refractivity contribution is 6.13. The summed E-state index contributed by atoms with van der Waals surface area (Å²) in [6.45, 7) is 1.30. The van der Waals surface area contributed by atoms with Crippen molar-refractivity contribution >= 4 is 11.5 Å². The highest BCUT2D eigenvalue weighted by Crippen LogP contribution is 2.33. The standard InChI is InChI=1S/C19H22F3N5O/c20-19(21,22)14-6-7-15(28-11-8-12-4-1-2-9-25-12)27-17(14)16(23)13-5-3-10-26-18(13)24/h3,5-7,10,12,23,25H,1-2,4,8-9,11H2,(H2,24,26). The normalized spacial score (nSPS) is 17.3. The first-order valence-corrected chi connectivity index (χ1v) is 9.10. The van der Waals surface area contributed by atoms with Gasteiger partial charge < -0.3 is 15.8 Å². The van der Waals surface area contributed by atoms with E-state index in [-0.39, 0.29) is 17.3 Å². The van der Waals surface area contributed by atoms with Crippen molar-refractivity contribution in [3.05, 3.63) is 47.3 Å². The summed E-state index contributed by atoms with van der Waals surface area (Å²) in [5.74, 6) is 0.0168. The number of hydrogen-bond donors (Lipinski definition) is 3. The molecule has 3 heterocycles. The summed E-state index contributed by atoms with van der Waals surface area (Å²) in [5, 5.41) is 11.6. The molecule has 1 atom stereocenters. The highest BCUT2D eigenvalue weighted by atomic mass is 19.4. The summed E-state index contributed by atoms with van der Waals surface area (Å²) in [6, 6.07) is 5.36. The highest BCUT2D eigenvalue weighted by Gasteiger charge is 2.36. The number of halogens is 3. The molecule has 0 saturated carbocycles. The fourth-order valence-electron chi connectivity index (χ4n) is 3.17. The van der Waals surface area contributed by atoms with Crippen LogP contribution in [0.1, 0.15) is 42.5 Å². The first-order chi connectivity index (χ1) is 13.4. The number of ether oxygens (including phenoxy) is 1. The summed E-state index contributed by atoms with van der Waals surface area (Å²) in [4.78, 5) is 7.80. The van der Waals surface area contributed by atoms with Crippen molar-refractivity contribution < 1.29 is 17.9 Å². The van der Waals surface area contributed by atoms with E-state index in [0.717, 1.165) is 38.3 Å². The Hall–Kier alpha value is -2.68. The van der Waals surface area contributed by atoms with Crippen LogP contribution in [-0.2, 0) is 6.18 Å². The van der Waals surface area contributed by atoms with Gasteiger partial charge in [0.1, 0.15) is 11.5 Å². The van der Waals surface area contributed by atoms with Crippen LogP contribution in [0.3, 0.4) is 0 Å². The average Bonchev–Trinajstić information content (AvgIpc) is 2.68. The van der Waals surface area contributed by atoms with E-state index >= 15 is 0 Å². The maximum atomic E-state index is 13.4. The fraction of sp³-hybridized carbons (Fsp3) is 0.421. The molecule has 4 N–H and O–H groups in total. The van der Waals surface area contributed by atoms with Crippen LogP contribution in [0.2, 0.25) is 0 Å². The quantitative estimate of drug-likeness (QED) is 0.654. The molecule has 28 heavy (non-hydrogen) atoms. The van der Waals surface area contributed by atoms with Crippen LogP contribution < -0.4 is 15.8 Å². The molecule has 150 valence electrons. The molecule has 1 aliphatic rings. The van der Waals surface area contributed by atoms with E-state index in [0.29, 0.717) is 12.6 Å². The summed E-state index contributed by atoms with van der Waals surface area (Å²) in [5.41, 5.74) is 3.82. The second-order valence-electron chi connectivity index (χ2n) is 6.64. The SMILES string of the molecule is N=C(c1cccnc1N)c1nc(OCCC2CCCCN2)ccc1C(F)(F)F. The molecule has 9 heteroatoms. The van der Waals surface area contributed by atoms with Crippen molar-refractivity contribution in [2.75, 3.05) is 18.9 Å². The van der Waals surface area contributed by atoms with Gasteiger partial charge in [-0.05, 0) is 44.0 Å². The lowest BCUT2D eigenvalue weighted by Crippen LogP contribution is -2.35. The van der Waals surface area contributed by atoms with Gasteiger partial charge in [0.2, 0.25) is 5.88 Å². The van der Waals surface area contributed by atoms with E-state index in [1.165, 1.54) is 24.4 Å². The van der Waals surface area contributed by atoms with Gasteiger partial charge in [-0.15, -0.1) is 0 Å². The molecule has 2 aromatic rings. The number of nitrogens with one attached hydrogen (secondary N) is 2. The Morgan fingerprint density at radius 1 is 1.29 bits per heavy atom. The molecule has 6 nitrogen and oxygen atoms in total. The van der Waals surface area contributed by atoms with Crippen molar-refractivity contribution in [3.63, 3.8) is 0 Å². The minimum absolute atomic E-state index is 0.0304. The van der Waals surface area contributed by atoms with Gasteiger partial charge in [0, 0.05) is 23.9 Å². The summed E-state index contributed by atoms with van der Waals surface area (Å²) >= 11 is 0. The van der Waals surface area contributed by atoms with Gasteiger partial charge in [-0.25, -0.2) is 9.97 Å². The van der Waals surface area contributed by atoms with Gasteiger partial charge in [0.25, 0.3) is 0 Å². The van der Waals surface area contributed by atoms with Crippen molar-refractivity contribution in [3.8, 4) is 5.88 Å². The minimum Gasteiger partial charge on any atom is -0.478 e. The third kappa shape index (κ3) is 4.78. The molecule has 2 aromatic heterocycles. The third-order valence-electron chi connectivity index (χ3n) is 4.65. The number of rotatable bonds is 6. The van der Waals surface area contributed by atoms with Crippen LogP contribution in [0, 0.1) is 5.41 Å². The van der Waals surface area contributed by atoms with Gasteiger partial charge in [0.15, 0.2) is 0 Å². The molecule has 3 rings (SSSR count). The first-order valence-electron chi connectivity index (χ1n) is 9.10. The zero-order chi connectivity index (χ0) is 20.1. The van der Waals surface area contributed by atoms with E-state index < -0.39 is 23.1 Å². The Kier molecular flexibility index (Phi) is 6.13. The van der Waals surface area contributed by atoms with Gasteiger partial charge in [0.05, 0.1) is 17.9 Å². The predicted octanol–water partition coefficient (Wildman–Crippen LogP) is 3.40. The third-order valence-corrected chi connectivity index (χ3v) is 4.65. The molecule has 1 fully saturated rings. The predicted molar refractivity (Wildman–Crippen MR) is 99.6 cm³/mol. The molecule has 0 aromatic carbocycles. The first kappa shape index (κ1) is 20.1. The molecule has 0 bridgehead atoms. The monoisotopic (exact) mass is 393 g/mol. The molecular formula is C19H22F3N5O. The second kappa shape index (κ2) is 8.55. The maximum Gasteiger partial charge on any atom is 0.418 e. The number of anilines is 1.